The van der Waals surface area contributed by atoms with Gasteiger partial charge in [-0.2, -0.15) is 0 Å². The summed E-state index contributed by atoms with van der Waals surface area (Å²) in [7, 11) is 0. The summed E-state index contributed by atoms with van der Waals surface area (Å²) in [6.07, 6.45) is 4.73. The number of aromatic nitrogens is 1. The highest BCUT2D eigenvalue weighted by Crippen LogP contribution is 2.35. The first-order valence-corrected chi connectivity index (χ1v) is 10.0. The SMILES string of the molecule is O=[N+]([O-])c1ccccc1N=c1scc(-c2cccs2)n1C1CCCC1. The van der Waals surface area contributed by atoms with Crippen LogP contribution >= 0.6 is 22.7 Å². The van der Waals surface area contributed by atoms with Gasteiger partial charge >= 0.3 is 0 Å². The van der Waals surface area contributed by atoms with E-state index < -0.39 is 0 Å². The monoisotopic (exact) mass is 371 g/mol. The topological polar surface area (TPSA) is 60.4 Å². The molecule has 128 valence electrons. The second-order valence-electron chi connectivity index (χ2n) is 6.05. The summed E-state index contributed by atoms with van der Waals surface area (Å²) >= 11 is 3.27. The van der Waals surface area contributed by atoms with E-state index >= 15 is 0 Å². The van der Waals surface area contributed by atoms with Crippen molar-refractivity contribution in [3.8, 4) is 10.6 Å². The minimum Gasteiger partial charge on any atom is -0.313 e. The molecule has 0 N–H and O–H groups in total. The predicted octanol–water partition coefficient (Wildman–Crippen LogP) is 5.53. The molecule has 0 bridgehead atoms. The number of hydrogen-bond acceptors (Lipinski definition) is 5. The number of hydrogen-bond donors (Lipinski definition) is 0. The second-order valence-corrected chi connectivity index (χ2v) is 7.83. The lowest BCUT2D eigenvalue weighted by molar-refractivity contribution is -0.384. The molecule has 0 spiro atoms. The first kappa shape index (κ1) is 16.2. The summed E-state index contributed by atoms with van der Waals surface area (Å²) in [6, 6.07) is 11.3. The Hall–Kier alpha value is -2.25. The Morgan fingerprint density at radius 3 is 2.64 bits per heavy atom. The molecule has 4 rings (SSSR count). The zero-order chi connectivity index (χ0) is 17.2. The van der Waals surface area contributed by atoms with Crippen molar-refractivity contribution in [3.63, 3.8) is 0 Å². The van der Waals surface area contributed by atoms with Crippen LogP contribution in [0, 0.1) is 10.1 Å². The van der Waals surface area contributed by atoms with Crippen LogP contribution in [0.2, 0.25) is 0 Å². The molecule has 3 aromatic rings. The Morgan fingerprint density at radius 1 is 1.12 bits per heavy atom. The molecule has 0 atom stereocenters. The lowest BCUT2D eigenvalue weighted by atomic mass is 10.2. The van der Waals surface area contributed by atoms with Gasteiger partial charge < -0.3 is 4.57 Å². The number of thiazole rings is 1. The molecule has 1 saturated carbocycles. The highest BCUT2D eigenvalue weighted by Gasteiger charge is 2.22. The lowest BCUT2D eigenvalue weighted by Gasteiger charge is -2.15. The van der Waals surface area contributed by atoms with E-state index in [0.717, 1.165) is 17.6 Å². The van der Waals surface area contributed by atoms with Crippen LogP contribution in [0.1, 0.15) is 31.7 Å². The van der Waals surface area contributed by atoms with Crippen molar-refractivity contribution in [2.45, 2.75) is 31.7 Å². The van der Waals surface area contributed by atoms with E-state index in [-0.39, 0.29) is 10.6 Å². The van der Waals surface area contributed by atoms with Crippen LogP contribution in [0.3, 0.4) is 0 Å². The van der Waals surface area contributed by atoms with Gasteiger partial charge in [0.05, 0.1) is 15.5 Å². The predicted molar refractivity (Wildman–Crippen MR) is 101 cm³/mol. The molecule has 1 aliphatic carbocycles. The minimum absolute atomic E-state index is 0.0477. The van der Waals surface area contributed by atoms with Crippen LogP contribution in [0.5, 0.6) is 0 Å². The van der Waals surface area contributed by atoms with Crippen molar-refractivity contribution in [2.24, 2.45) is 4.99 Å². The van der Waals surface area contributed by atoms with E-state index in [0.29, 0.717) is 11.7 Å². The van der Waals surface area contributed by atoms with E-state index in [9.17, 15) is 10.1 Å². The normalized spacial score (nSPS) is 15.8. The first-order valence-electron chi connectivity index (χ1n) is 8.26. The van der Waals surface area contributed by atoms with E-state index in [1.54, 1.807) is 40.9 Å². The summed E-state index contributed by atoms with van der Waals surface area (Å²) < 4.78 is 2.29. The number of nitro benzene ring substituents is 1. The Kier molecular flexibility index (Phi) is 4.50. The van der Waals surface area contributed by atoms with Gasteiger partial charge in [-0.3, -0.25) is 10.1 Å². The molecular weight excluding hydrogens is 354 g/mol. The van der Waals surface area contributed by atoms with Crippen molar-refractivity contribution in [1.82, 2.24) is 4.57 Å². The summed E-state index contributed by atoms with van der Waals surface area (Å²) in [5, 5.41) is 15.5. The zero-order valence-electron chi connectivity index (χ0n) is 13.5. The second kappa shape index (κ2) is 6.93. The van der Waals surface area contributed by atoms with E-state index in [4.69, 9.17) is 0 Å². The molecule has 1 aliphatic rings. The lowest BCUT2D eigenvalue weighted by Crippen LogP contribution is -2.19. The fourth-order valence-corrected chi connectivity index (χ4v) is 5.12. The van der Waals surface area contributed by atoms with Gasteiger partial charge in [0.15, 0.2) is 4.80 Å². The molecule has 2 heterocycles. The van der Waals surface area contributed by atoms with Crippen molar-refractivity contribution in [1.29, 1.82) is 0 Å². The first-order chi connectivity index (χ1) is 12.2. The standard InChI is InChI=1S/C18H17N3O2S2/c22-21(23)15-9-4-3-8-14(15)19-18-20(13-6-1-2-7-13)16(12-25-18)17-10-5-11-24-17/h3-5,8-13H,1-2,6-7H2. The highest BCUT2D eigenvalue weighted by molar-refractivity contribution is 7.14. The average Bonchev–Trinajstić information content (AvgIpc) is 3.36. The summed E-state index contributed by atoms with van der Waals surface area (Å²) in [4.78, 5) is 17.7. The summed E-state index contributed by atoms with van der Waals surface area (Å²) in [6.45, 7) is 0. The quantitative estimate of drug-likeness (QED) is 0.447. The van der Waals surface area contributed by atoms with Crippen molar-refractivity contribution in [2.75, 3.05) is 0 Å². The van der Waals surface area contributed by atoms with E-state index in [1.807, 2.05) is 0 Å². The van der Waals surface area contributed by atoms with Crippen LogP contribution in [0.25, 0.3) is 10.6 Å². The average molecular weight is 371 g/mol. The van der Waals surface area contributed by atoms with Gasteiger partial charge in [-0.25, -0.2) is 4.99 Å². The molecule has 0 aliphatic heterocycles. The van der Waals surface area contributed by atoms with Crippen LogP contribution in [0.15, 0.2) is 52.2 Å². The Balaban J connectivity index is 1.89. The van der Waals surface area contributed by atoms with Gasteiger partial charge in [-0.05, 0) is 30.4 Å². The Morgan fingerprint density at radius 2 is 1.92 bits per heavy atom. The highest BCUT2D eigenvalue weighted by atomic mass is 32.1. The number of thiophene rings is 1. The largest absolute Gasteiger partial charge is 0.313 e. The van der Waals surface area contributed by atoms with Gasteiger partial charge in [0.2, 0.25) is 0 Å². The summed E-state index contributed by atoms with van der Waals surface area (Å²) in [5.74, 6) is 0. The van der Waals surface area contributed by atoms with Gasteiger partial charge in [0.1, 0.15) is 5.69 Å². The van der Waals surface area contributed by atoms with Gasteiger partial charge in [-0.1, -0.05) is 31.0 Å². The third kappa shape index (κ3) is 3.17. The van der Waals surface area contributed by atoms with Crippen molar-refractivity contribution in [3.05, 3.63) is 62.1 Å². The zero-order valence-corrected chi connectivity index (χ0v) is 15.1. The smallest absolute Gasteiger partial charge is 0.294 e. The van der Waals surface area contributed by atoms with Crippen molar-refractivity contribution >= 4 is 34.0 Å². The molecule has 0 unspecified atom stereocenters. The molecule has 0 saturated heterocycles. The van der Waals surface area contributed by atoms with Crippen LogP contribution in [-0.2, 0) is 0 Å². The number of nitrogens with zero attached hydrogens (tertiary/aromatic N) is 3. The maximum Gasteiger partial charge on any atom is 0.294 e. The van der Waals surface area contributed by atoms with Crippen LogP contribution in [-0.4, -0.2) is 9.49 Å². The summed E-state index contributed by atoms with van der Waals surface area (Å²) in [5.41, 5.74) is 1.63. The molecule has 0 amide bonds. The third-order valence-electron chi connectivity index (χ3n) is 4.50. The molecule has 2 aromatic heterocycles. The molecule has 7 heteroatoms. The van der Waals surface area contributed by atoms with Gasteiger partial charge in [-0.15, -0.1) is 22.7 Å². The van der Waals surface area contributed by atoms with Crippen LogP contribution < -0.4 is 4.80 Å². The fraction of sp³-hybridized carbons (Fsp3) is 0.278. The Bertz CT molecular complexity index is 951. The molecule has 1 fully saturated rings. The minimum atomic E-state index is -0.369. The Labute approximate surface area is 153 Å². The van der Waals surface area contributed by atoms with Gasteiger partial charge in [0.25, 0.3) is 5.69 Å². The molecule has 5 nitrogen and oxygen atoms in total. The van der Waals surface area contributed by atoms with E-state index in [2.05, 4.69) is 32.5 Å². The van der Waals surface area contributed by atoms with Crippen molar-refractivity contribution < 1.29 is 4.92 Å². The maximum atomic E-state index is 11.3. The maximum absolute atomic E-state index is 11.3. The van der Waals surface area contributed by atoms with Crippen LogP contribution in [0.4, 0.5) is 11.4 Å². The van der Waals surface area contributed by atoms with Gasteiger partial charge in [0, 0.05) is 17.5 Å². The molecule has 0 radical (unpaired) electrons. The number of para-hydroxylation sites is 2. The fourth-order valence-electron chi connectivity index (χ4n) is 3.34. The molecule has 1 aromatic carbocycles. The molecule has 25 heavy (non-hydrogen) atoms. The molecular formula is C18H17N3O2S2. The van der Waals surface area contributed by atoms with E-state index in [1.165, 1.54) is 29.5 Å². The third-order valence-corrected chi connectivity index (χ3v) is 6.23. The number of rotatable bonds is 4. The number of nitro groups is 1. The number of benzene rings is 1.